The number of nitrogens with one attached hydrogen (secondary N) is 2. The van der Waals surface area contributed by atoms with Gasteiger partial charge in [0.25, 0.3) is 5.91 Å². The van der Waals surface area contributed by atoms with Crippen molar-refractivity contribution < 1.29 is 9.18 Å². The van der Waals surface area contributed by atoms with E-state index in [-0.39, 0.29) is 11.3 Å². The van der Waals surface area contributed by atoms with Crippen molar-refractivity contribution in [3.05, 3.63) is 40.7 Å². The minimum atomic E-state index is -0.583. The summed E-state index contributed by atoms with van der Waals surface area (Å²) in [5.41, 5.74) is 2.27. The molecule has 1 aromatic carbocycles. The number of amides is 1. The van der Waals surface area contributed by atoms with Gasteiger partial charge in [0.05, 0.1) is 11.3 Å². The molecule has 0 aliphatic heterocycles. The van der Waals surface area contributed by atoms with Crippen LogP contribution in [0.25, 0.3) is 0 Å². The molecule has 1 amide bonds. The number of carbonyl (C=O) groups is 1. The molecule has 94 valence electrons. The third kappa shape index (κ3) is 2.47. The van der Waals surface area contributed by atoms with E-state index in [0.717, 1.165) is 4.88 Å². The Morgan fingerprint density at radius 2 is 2.28 bits per heavy atom. The average molecular weight is 266 g/mol. The van der Waals surface area contributed by atoms with Gasteiger partial charge in [0.15, 0.2) is 5.13 Å². The normalized spacial score (nSPS) is 10.2. The van der Waals surface area contributed by atoms with Crippen LogP contribution in [0.2, 0.25) is 0 Å². The largest absolute Gasteiger partial charge is 0.321 e. The van der Waals surface area contributed by atoms with Crippen LogP contribution in [0.4, 0.5) is 15.2 Å². The number of hydrazine groups is 1. The lowest BCUT2D eigenvalue weighted by molar-refractivity contribution is 0.102. The molecule has 2 rings (SSSR count). The van der Waals surface area contributed by atoms with E-state index in [1.807, 2.05) is 6.92 Å². The number of aryl methyl sites for hydroxylation is 1. The van der Waals surface area contributed by atoms with Crippen molar-refractivity contribution in [2.45, 2.75) is 6.92 Å². The maximum atomic E-state index is 13.4. The Hall–Kier alpha value is -1.99. The van der Waals surface area contributed by atoms with Crippen LogP contribution in [0, 0.1) is 12.7 Å². The first-order valence-electron chi connectivity index (χ1n) is 5.10. The molecule has 0 bridgehead atoms. The van der Waals surface area contributed by atoms with Gasteiger partial charge in [-0.3, -0.25) is 16.0 Å². The number of nitrogen functional groups attached to an aromatic ring is 1. The first-order chi connectivity index (χ1) is 8.61. The van der Waals surface area contributed by atoms with E-state index in [1.54, 1.807) is 6.20 Å². The molecule has 1 heterocycles. The molecule has 2 aromatic rings. The van der Waals surface area contributed by atoms with Gasteiger partial charge in [-0.15, -0.1) is 11.3 Å². The Morgan fingerprint density at radius 1 is 1.50 bits per heavy atom. The van der Waals surface area contributed by atoms with E-state index in [2.05, 4.69) is 15.7 Å². The molecule has 0 aliphatic rings. The van der Waals surface area contributed by atoms with Crippen LogP contribution in [-0.4, -0.2) is 10.9 Å². The number of carbonyl (C=O) groups excluding carboxylic acids is 1. The SMILES string of the molecule is Cc1cnc(NC(=O)c2cccc(F)c2NN)s1. The van der Waals surface area contributed by atoms with Gasteiger partial charge in [0, 0.05) is 11.1 Å². The molecule has 0 unspecified atom stereocenters. The summed E-state index contributed by atoms with van der Waals surface area (Å²) in [5, 5.41) is 3.05. The number of anilines is 2. The predicted molar refractivity (Wildman–Crippen MR) is 69.0 cm³/mol. The Morgan fingerprint density at radius 3 is 2.89 bits per heavy atom. The number of benzene rings is 1. The average Bonchev–Trinajstić information content (AvgIpc) is 2.74. The van der Waals surface area contributed by atoms with Crippen LogP contribution in [0.5, 0.6) is 0 Å². The summed E-state index contributed by atoms with van der Waals surface area (Å²) < 4.78 is 13.4. The fourth-order valence-corrected chi connectivity index (χ4v) is 2.10. The zero-order valence-corrected chi connectivity index (χ0v) is 10.3. The quantitative estimate of drug-likeness (QED) is 0.587. The van der Waals surface area contributed by atoms with E-state index >= 15 is 0 Å². The smallest absolute Gasteiger partial charge is 0.259 e. The highest BCUT2D eigenvalue weighted by atomic mass is 32.1. The number of para-hydroxylation sites is 1. The van der Waals surface area contributed by atoms with Crippen molar-refractivity contribution in [3.63, 3.8) is 0 Å². The monoisotopic (exact) mass is 266 g/mol. The second kappa shape index (κ2) is 5.11. The molecular formula is C11H11FN4OS. The van der Waals surface area contributed by atoms with Crippen molar-refractivity contribution in [2.75, 3.05) is 10.7 Å². The number of thiazole rings is 1. The maximum absolute atomic E-state index is 13.4. The van der Waals surface area contributed by atoms with E-state index in [0.29, 0.717) is 5.13 Å². The predicted octanol–water partition coefficient (Wildman–Crippen LogP) is 2.13. The molecule has 7 heteroatoms. The zero-order chi connectivity index (χ0) is 13.1. The number of rotatable bonds is 3. The molecule has 0 aliphatic carbocycles. The molecule has 0 fully saturated rings. The van der Waals surface area contributed by atoms with Gasteiger partial charge in [-0.2, -0.15) is 0 Å². The molecular weight excluding hydrogens is 255 g/mol. The van der Waals surface area contributed by atoms with Gasteiger partial charge in [-0.05, 0) is 19.1 Å². The first-order valence-corrected chi connectivity index (χ1v) is 5.92. The highest BCUT2D eigenvalue weighted by Crippen LogP contribution is 2.22. The standard InChI is InChI=1S/C11H11FN4OS/c1-6-5-14-11(18-6)15-10(17)7-3-2-4-8(12)9(7)16-13/h2-5,16H,13H2,1H3,(H,14,15,17). The van der Waals surface area contributed by atoms with Crippen LogP contribution in [0.1, 0.15) is 15.2 Å². The van der Waals surface area contributed by atoms with Gasteiger partial charge in [0.2, 0.25) is 0 Å². The Balaban J connectivity index is 2.26. The van der Waals surface area contributed by atoms with Gasteiger partial charge in [-0.1, -0.05) is 6.07 Å². The number of hydrogen-bond donors (Lipinski definition) is 3. The lowest BCUT2D eigenvalue weighted by Crippen LogP contribution is -2.18. The minimum absolute atomic E-state index is 0.0386. The van der Waals surface area contributed by atoms with Crippen LogP contribution >= 0.6 is 11.3 Å². The summed E-state index contributed by atoms with van der Waals surface area (Å²) in [6.07, 6.45) is 1.65. The Labute approximate surface area is 107 Å². The highest BCUT2D eigenvalue weighted by Gasteiger charge is 2.15. The zero-order valence-electron chi connectivity index (χ0n) is 9.53. The highest BCUT2D eigenvalue weighted by molar-refractivity contribution is 7.15. The molecule has 0 atom stereocenters. The number of halogens is 1. The van der Waals surface area contributed by atoms with E-state index in [1.165, 1.54) is 29.5 Å². The van der Waals surface area contributed by atoms with Gasteiger partial charge in [-0.25, -0.2) is 9.37 Å². The molecule has 5 nitrogen and oxygen atoms in total. The van der Waals surface area contributed by atoms with Gasteiger partial charge >= 0.3 is 0 Å². The fourth-order valence-electron chi connectivity index (χ4n) is 1.44. The van der Waals surface area contributed by atoms with Crippen LogP contribution in [-0.2, 0) is 0 Å². The summed E-state index contributed by atoms with van der Waals surface area (Å²) in [7, 11) is 0. The molecule has 0 radical (unpaired) electrons. The number of nitrogens with zero attached hydrogens (tertiary/aromatic N) is 1. The van der Waals surface area contributed by atoms with Crippen LogP contribution < -0.4 is 16.6 Å². The molecule has 0 spiro atoms. The van der Waals surface area contributed by atoms with E-state index in [9.17, 15) is 9.18 Å². The van der Waals surface area contributed by atoms with Crippen molar-refractivity contribution >= 4 is 28.1 Å². The number of nitrogens with two attached hydrogens (primary N) is 1. The Bertz CT molecular complexity index is 584. The molecule has 0 saturated heterocycles. The second-order valence-corrected chi connectivity index (χ2v) is 4.77. The summed E-state index contributed by atoms with van der Waals surface area (Å²) in [6, 6.07) is 4.14. The van der Waals surface area contributed by atoms with E-state index < -0.39 is 11.7 Å². The number of aromatic nitrogens is 1. The van der Waals surface area contributed by atoms with Gasteiger partial charge < -0.3 is 5.43 Å². The first kappa shape index (κ1) is 12.5. The lowest BCUT2D eigenvalue weighted by atomic mass is 10.1. The topological polar surface area (TPSA) is 80.0 Å². The summed E-state index contributed by atoms with van der Waals surface area (Å²) in [4.78, 5) is 16.9. The van der Waals surface area contributed by atoms with Crippen LogP contribution in [0.15, 0.2) is 24.4 Å². The molecule has 4 N–H and O–H groups in total. The Kier molecular flexibility index (Phi) is 3.54. The molecule has 1 aromatic heterocycles. The van der Waals surface area contributed by atoms with Crippen LogP contribution in [0.3, 0.4) is 0 Å². The fraction of sp³-hybridized carbons (Fsp3) is 0.0909. The van der Waals surface area contributed by atoms with Crippen molar-refractivity contribution in [1.82, 2.24) is 4.98 Å². The third-order valence-electron chi connectivity index (χ3n) is 2.24. The van der Waals surface area contributed by atoms with Crippen molar-refractivity contribution in [1.29, 1.82) is 0 Å². The minimum Gasteiger partial charge on any atom is -0.321 e. The number of hydrogen-bond acceptors (Lipinski definition) is 5. The summed E-state index contributed by atoms with van der Waals surface area (Å²) >= 11 is 1.34. The van der Waals surface area contributed by atoms with Gasteiger partial charge in [0.1, 0.15) is 5.82 Å². The lowest BCUT2D eigenvalue weighted by Gasteiger charge is -2.08. The summed E-state index contributed by atoms with van der Waals surface area (Å²) in [5.74, 6) is 4.16. The van der Waals surface area contributed by atoms with Crippen molar-refractivity contribution in [2.24, 2.45) is 5.84 Å². The third-order valence-corrected chi connectivity index (χ3v) is 3.07. The maximum Gasteiger partial charge on any atom is 0.259 e. The summed E-state index contributed by atoms with van der Waals surface area (Å²) in [6.45, 7) is 1.88. The van der Waals surface area contributed by atoms with E-state index in [4.69, 9.17) is 5.84 Å². The van der Waals surface area contributed by atoms with Crippen molar-refractivity contribution in [3.8, 4) is 0 Å². The molecule has 0 saturated carbocycles. The molecule has 18 heavy (non-hydrogen) atoms. The second-order valence-electron chi connectivity index (χ2n) is 3.54.